The molecule has 0 aliphatic carbocycles. The monoisotopic (exact) mass is 206 g/mol. The molecule has 0 fully saturated rings. The SMILES string of the molecule is CSc1nsc(OOC(C)=O)n1. The van der Waals surface area contributed by atoms with Gasteiger partial charge in [0.1, 0.15) is 0 Å². The lowest BCUT2D eigenvalue weighted by atomic mass is 10.8. The van der Waals surface area contributed by atoms with Crippen molar-refractivity contribution in [3.05, 3.63) is 0 Å². The predicted octanol–water partition coefficient (Wildman–Crippen LogP) is 1.12. The summed E-state index contributed by atoms with van der Waals surface area (Å²) in [5, 5.41) is 0.830. The van der Waals surface area contributed by atoms with Gasteiger partial charge in [0.25, 0.3) is 0 Å². The Labute approximate surface area is 77.2 Å². The minimum Gasteiger partial charge on any atom is -0.253 e. The van der Waals surface area contributed by atoms with Gasteiger partial charge in [-0.15, -0.1) is 0 Å². The van der Waals surface area contributed by atoms with Crippen molar-refractivity contribution in [3.63, 3.8) is 0 Å². The molecule has 1 aromatic rings. The zero-order valence-corrected chi connectivity index (χ0v) is 8.07. The molecule has 0 unspecified atom stereocenters. The standard InChI is InChI=1S/C5H6N2O3S2/c1-3(8)9-10-5-6-4(11-2)7-12-5/h1-2H3. The molecule has 0 amide bonds. The summed E-state index contributed by atoms with van der Waals surface area (Å²) in [5.41, 5.74) is 0. The van der Waals surface area contributed by atoms with Crippen LogP contribution in [0, 0.1) is 0 Å². The third-order valence-corrected chi connectivity index (χ3v) is 2.04. The normalized spacial score (nSPS) is 9.50. The fourth-order valence-corrected chi connectivity index (χ4v) is 1.44. The fraction of sp³-hybridized carbons (Fsp3) is 0.400. The summed E-state index contributed by atoms with van der Waals surface area (Å²) in [4.78, 5) is 22.9. The highest BCUT2D eigenvalue weighted by molar-refractivity contribution is 7.98. The topological polar surface area (TPSA) is 61.3 Å². The summed E-state index contributed by atoms with van der Waals surface area (Å²) < 4.78 is 3.89. The smallest absolute Gasteiger partial charge is 0.253 e. The van der Waals surface area contributed by atoms with E-state index in [1.165, 1.54) is 18.7 Å². The first kappa shape index (κ1) is 9.27. The lowest BCUT2D eigenvalue weighted by molar-refractivity contribution is -0.210. The molecule has 0 saturated heterocycles. The molecule has 0 atom stereocenters. The molecule has 0 saturated carbocycles. The minimum absolute atomic E-state index is 0.231. The quantitative estimate of drug-likeness (QED) is 0.419. The maximum atomic E-state index is 10.3. The Kier molecular flexibility index (Phi) is 3.30. The molecule has 1 heterocycles. The molecule has 1 aromatic heterocycles. The van der Waals surface area contributed by atoms with Crippen LogP contribution in [0.2, 0.25) is 0 Å². The van der Waals surface area contributed by atoms with Gasteiger partial charge in [0, 0.05) is 18.5 Å². The van der Waals surface area contributed by atoms with Gasteiger partial charge in [0.05, 0.1) is 0 Å². The Bertz CT molecular complexity index is 275. The summed E-state index contributed by atoms with van der Waals surface area (Å²) in [5.74, 6) is -0.518. The molecule has 0 aliphatic heterocycles. The molecule has 0 aromatic carbocycles. The summed E-state index contributed by atoms with van der Waals surface area (Å²) in [6.45, 7) is 1.25. The van der Waals surface area contributed by atoms with Crippen molar-refractivity contribution >= 4 is 29.3 Å². The van der Waals surface area contributed by atoms with Crippen molar-refractivity contribution in [2.45, 2.75) is 12.1 Å². The van der Waals surface area contributed by atoms with Gasteiger partial charge in [-0.25, -0.2) is 9.68 Å². The van der Waals surface area contributed by atoms with Crippen LogP contribution in [-0.2, 0) is 9.68 Å². The molecule has 66 valence electrons. The number of rotatable bonds is 3. The van der Waals surface area contributed by atoms with E-state index >= 15 is 0 Å². The van der Waals surface area contributed by atoms with Crippen LogP contribution in [0.15, 0.2) is 5.16 Å². The van der Waals surface area contributed by atoms with Crippen molar-refractivity contribution < 1.29 is 14.6 Å². The van der Waals surface area contributed by atoms with Crippen LogP contribution < -0.4 is 4.89 Å². The lowest BCUT2D eigenvalue weighted by Crippen LogP contribution is -2.02. The van der Waals surface area contributed by atoms with Gasteiger partial charge in [-0.05, 0) is 6.26 Å². The first-order chi connectivity index (χ1) is 5.72. The van der Waals surface area contributed by atoms with Gasteiger partial charge in [-0.1, -0.05) is 11.8 Å². The van der Waals surface area contributed by atoms with E-state index in [2.05, 4.69) is 19.1 Å². The third-order valence-electron chi connectivity index (χ3n) is 0.802. The lowest BCUT2D eigenvalue weighted by Gasteiger charge is -1.94. The van der Waals surface area contributed by atoms with Gasteiger partial charge >= 0.3 is 11.2 Å². The number of nitrogens with zero attached hydrogens (tertiary/aromatic N) is 2. The number of thioether (sulfide) groups is 1. The van der Waals surface area contributed by atoms with E-state index < -0.39 is 5.97 Å². The second kappa shape index (κ2) is 4.27. The van der Waals surface area contributed by atoms with Gasteiger partial charge < -0.3 is 0 Å². The van der Waals surface area contributed by atoms with E-state index in [1.807, 2.05) is 6.26 Å². The molecular formula is C5H6N2O3S2. The van der Waals surface area contributed by atoms with Gasteiger partial charge in [-0.3, -0.25) is 4.89 Å². The summed E-state index contributed by atoms with van der Waals surface area (Å²) in [6, 6.07) is 0. The highest BCUT2D eigenvalue weighted by Crippen LogP contribution is 2.19. The summed E-state index contributed by atoms with van der Waals surface area (Å²) in [6.07, 6.45) is 1.84. The second-order valence-electron chi connectivity index (χ2n) is 1.71. The maximum absolute atomic E-state index is 10.3. The van der Waals surface area contributed by atoms with Crippen molar-refractivity contribution in [1.29, 1.82) is 0 Å². The Hall–Kier alpha value is -0.820. The molecule has 5 nitrogen and oxygen atoms in total. The van der Waals surface area contributed by atoms with E-state index in [0.29, 0.717) is 5.16 Å². The van der Waals surface area contributed by atoms with Crippen LogP contribution in [0.25, 0.3) is 0 Å². The largest absolute Gasteiger partial charge is 0.352 e. The van der Waals surface area contributed by atoms with Crippen LogP contribution in [0.4, 0.5) is 0 Å². The molecule has 1 rings (SSSR count). The van der Waals surface area contributed by atoms with Crippen LogP contribution >= 0.6 is 23.3 Å². The number of hydrogen-bond donors (Lipinski definition) is 0. The van der Waals surface area contributed by atoms with Crippen LogP contribution in [0.5, 0.6) is 5.19 Å². The summed E-state index contributed by atoms with van der Waals surface area (Å²) >= 11 is 2.43. The molecule has 0 spiro atoms. The van der Waals surface area contributed by atoms with Crippen molar-refractivity contribution in [3.8, 4) is 5.19 Å². The first-order valence-corrected chi connectivity index (χ1v) is 4.95. The van der Waals surface area contributed by atoms with Gasteiger partial charge in [-0.2, -0.15) is 9.36 Å². The summed E-state index contributed by atoms with van der Waals surface area (Å²) in [7, 11) is 0. The fourth-order valence-electron chi connectivity index (χ4n) is 0.408. The van der Waals surface area contributed by atoms with E-state index in [-0.39, 0.29) is 5.19 Å². The first-order valence-electron chi connectivity index (χ1n) is 2.95. The highest BCUT2D eigenvalue weighted by atomic mass is 32.2. The van der Waals surface area contributed by atoms with Crippen LogP contribution in [0.1, 0.15) is 6.92 Å². The van der Waals surface area contributed by atoms with E-state index in [0.717, 1.165) is 11.5 Å². The van der Waals surface area contributed by atoms with E-state index in [4.69, 9.17) is 0 Å². The molecule has 7 heteroatoms. The van der Waals surface area contributed by atoms with Crippen molar-refractivity contribution in [2.24, 2.45) is 0 Å². The Morgan fingerprint density at radius 3 is 2.92 bits per heavy atom. The predicted molar refractivity (Wildman–Crippen MR) is 44.1 cm³/mol. The van der Waals surface area contributed by atoms with Crippen molar-refractivity contribution in [2.75, 3.05) is 6.26 Å². The second-order valence-corrected chi connectivity index (χ2v) is 3.19. The van der Waals surface area contributed by atoms with Gasteiger partial charge in [0.2, 0.25) is 5.16 Å². The van der Waals surface area contributed by atoms with Gasteiger partial charge in [0.15, 0.2) is 0 Å². The average molecular weight is 206 g/mol. The Morgan fingerprint density at radius 2 is 2.42 bits per heavy atom. The molecular weight excluding hydrogens is 200 g/mol. The maximum Gasteiger partial charge on any atom is 0.352 e. The van der Waals surface area contributed by atoms with E-state index in [1.54, 1.807) is 0 Å². The molecule has 0 radical (unpaired) electrons. The number of carbonyl (C=O) groups excluding carboxylic acids is 1. The molecule has 0 bridgehead atoms. The highest BCUT2D eigenvalue weighted by Gasteiger charge is 2.05. The number of aromatic nitrogens is 2. The minimum atomic E-state index is -0.518. The number of carbonyl (C=O) groups is 1. The van der Waals surface area contributed by atoms with Crippen molar-refractivity contribution in [1.82, 2.24) is 9.36 Å². The average Bonchev–Trinajstić information content (AvgIpc) is 2.48. The van der Waals surface area contributed by atoms with Crippen LogP contribution in [-0.4, -0.2) is 21.6 Å². The number of hydrogen-bond acceptors (Lipinski definition) is 7. The molecule has 12 heavy (non-hydrogen) atoms. The Balaban J connectivity index is 2.47. The molecule has 0 aliphatic rings. The Morgan fingerprint density at radius 1 is 1.67 bits per heavy atom. The molecule has 0 N–H and O–H groups in total. The zero-order valence-electron chi connectivity index (χ0n) is 6.44. The van der Waals surface area contributed by atoms with E-state index in [9.17, 15) is 4.79 Å². The zero-order chi connectivity index (χ0) is 8.97. The third kappa shape index (κ3) is 2.67. The van der Waals surface area contributed by atoms with Crippen LogP contribution in [0.3, 0.4) is 0 Å².